The van der Waals surface area contributed by atoms with Crippen molar-refractivity contribution in [2.24, 2.45) is 0 Å². The summed E-state index contributed by atoms with van der Waals surface area (Å²) in [5.74, 6) is 1.37. The Morgan fingerprint density at radius 1 is 1.32 bits per heavy atom. The molecule has 2 rings (SSSR count). The van der Waals surface area contributed by atoms with Crippen LogP contribution >= 0.6 is 0 Å². The van der Waals surface area contributed by atoms with Gasteiger partial charge in [0.2, 0.25) is 5.91 Å². The van der Waals surface area contributed by atoms with Gasteiger partial charge >= 0.3 is 0 Å². The summed E-state index contributed by atoms with van der Waals surface area (Å²) < 4.78 is 5.29. The minimum absolute atomic E-state index is 0.0340. The van der Waals surface area contributed by atoms with Gasteiger partial charge in [-0.15, -0.1) is 0 Å². The fourth-order valence-corrected chi connectivity index (χ4v) is 3.27. The number of ether oxygens (including phenoxy) is 1. The van der Waals surface area contributed by atoms with Gasteiger partial charge < -0.3 is 19.4 Å². The maximum Gasteiger partial charge on any atom is 0.254 e. The van der Waals surface area contributed by atoms with Gasteiger partial charge in [0.25, 0.3) is 5.91 Å². The number of anilines is 1. The van der Waals surface area contributed by atoms with Crippen molar-refractivity contribution in [2.45, 2.75) is 58.2 Å². The Kier molecular flexibility index (Phi) is 6.64. The molecular weight excluding hydrogens is 358 g/mol. The third kappa shape index (κ3) is 4.79. The Morgan fingerprint density at radius 2 is 1.96 bits per heavy atom. The number of nitrogens with zero attached hydrogens (tertiary/aromatic N) is 5. The smallest absolute Gasteiger partial charge is 0.254 e. The normalized spacial score (nSPS) is 17.4. The highest BCUT2D eigenvalue weighted by molar-refractivity contribution is 5.84. The van der Waals surface area contributed by atoms with Crippen LogP contribution in [-0.2, 0) is 20.9 Å². The van der Waals surface area contributed by atoms with E-state index >= 15 is 0 Å². The molecule has 0 radical (unpaired) electrons. The summed E-state index contributed by atoms with van der Waals surface area (Å²) in [5.41, 5.74) is -0.0659. The lowest BCUT2D eigenvalue weighted by Crippen LogP contribution is -2.44. The van der Waals surface area contributed by atoms with Crippen LogP contribution in [0.4, 0.5) is 5.82 Å². The molecule has 1 saturated heterocycles. The van der Waals surface area contributed by atoms with Gasteiger partial charge in [0, 0.05) is 59.2 Å². The molecule has 1 aromatic heterocycles. The summed E-state index contributed by atoms with van der Waals surface area (Å²) in [4.78, 5) is 39.6. The first-order chi connectivity index (χ1) is 13.0. The molecule has 0 spiro atoms. The molecule has 0 aliphatic carbocycles. The van der Waals surface area contributed by atoms with Crippen LogP contribution < -0.4 is 4.90 Å². The van der Waals surface area contributed by atoms with E-state index in [-0.39, 0.29) is 30.3 Å². The maximum atomic E-state index is 12.6. The monoisotopic (exact) mass is 391 g/mol. The van der Waals surface area contributed by atoms with Crippen LogP contribution in [0.25, 0.3) is 0 Å². The standard InChI is InChI=1S/C20H33N5O3/c1-13(2)25-11-14(9-18(25)26)15-10-17(23(5)6)22-16(21-15)12-24(7)19(27)20(3,4)28-8/h10,13-14H,9,11-12H2,1-8H3. The van der Waals surface area contributed by atoms with Crippen LogP contribution in [0.2, 0.25) is 0 Å². The number of hydrogen-bond donors (Lipinski definition) is 0. The quantitative estimate of drug-likeness (QED) is 0.703. The molecule has 0 saturated carbocycles. The van der Waals surface area contributed by atoms with Gasteiger partial charge in [0.15, 0.2) is 0 Å². The number of likely N-dealkylation sites (tertiary alicyclic amines) is 1. The lowest BCUT2D eigenvalue weighted by atomic mass is 10.0. The van der Waals surface area contributed by atoms with Crippen LogP contribution in [0, 0.1) is 0 Å². The zero-order valence-electron chi connectivity index (χ0n) is 18.3. The minimum Gasteiger partial charge on any atom is -0.369 e. The van der Waals surface area contributed by atoms with Gasteiger partial charge in [-0.3, -0.25) is 9.59 Å². The van der Waals surface area contributed by atoms with Crippen LogP contribution in [-0.4, -0.2) is 78.0 Å². The van der Waals surface area contributed by atoms with E-state index in [9.17, 15) is 9.59 Å². The lowest BCUT2D eigenvalue weighted by molar-refractivity contribution is -0.150. The summed E-state index contributed by atoms with van der Waals surface area (Å²) in [5, 5.41) is 0. The van der Waals surface area contributed by atoms with Crippen molar-refractivity contribution in [3.63, 3.8) is 0 Å². The van der Waals surface area contributed by atoms with Gasteiger partial charge in [0.1, 0.15) is 17.2 Å². The Labute approximate surface area is 167 Å². The molecule has 1 aliphatic rings. The molecule has 1 atom stereocenters. The summed E-state index contributed by atoms with van der Waals surface area (Å²) in [6.45, 7) is 8.45. The number of methoxy groups -OCH3 is 1. The third-order valence-electron chi connectivity index (χ3n) is 5.19. The summed E-state index contributed by atoms with van der Waals surface area (Å²) in [6.07, 6.45) is 0.451. The van der Waals surface area contributed by atoms with Crippen molar-refractivity contribution in [3.05, 3.63) is 17.6 Å². The van der Waals surface area contributed by atoms with E-state index in [1.54, 1.807) is 25.8 Å². The summed E-state index contributed by atoms with van der Waals surface area (Å²) in [7, 11) is 7.07. The first kappa shape index (κ1) is 22.1. The van der Waals surface area contributed by atoms with E-state index in [1.165, 1.54) is 7.11 Å². The van der Waals surface area contributed by atoms with Crippen molar-refractivity contribution in [1.29, 1.82) is 0 Å². The van der Waals surface area contributed by atoms with E-state index in [4.69, 9.17) is 9.72 Å². The number of likely N-dealkylation sites (N-methyl/N-ethyl adjacent to an activating group) is 1. The van der Waals surface area contributed by atoms with Gasteiger partial charge in [-0.25, -0.2) is 9.97 Å². The number of hydrogen-bond acceptors (Lipinski definition) is 6. The Morgan fingerprint density at radius 3 is 2.46 bits per heavy atom. The fraction of sp³-hybridized carbons (Fsp3) is 0.700. The Hall–Kier alpha value is -2.22. The number of amides is 2. The molecular formula is C20H33N5O3. The summed E-state index contributed by atoms with van der Waals surface area (Å²) >= 11 is 0. The molecule has 0 aromatic carbocycles. The second-order valence-electron chi connectivity index (χ2n) is 8.38. The highest BCUT2D eigenvalue weighted by Crippen LogP contribution is 2.30. The topological polar surface area (TPSA) is 78.9 Å². The molecule has 0 N–H and O–H groups in total. The van der Waals surface area contributed by atoms with Crippen molar-refractivity contribution in [2.75, 3.05) is 39.7 Å². The Bertz CT molecular complexity index is 733. The molecule has 8 heteroatoms. The molecule has 2 amide bonds. The third-order valence-corrected chi connectivity index (χ3v) is 5.19. The van der Waals surface area contributed by atoms with Crippen LogP contribution in [0.15, 0.2) is 6.07 Å². The van der Waals surface area contributed by atoms with Crippen LogP contribution in [0.1, 0.15) is 51.6 Å². The highest BCUT2D eigenvalue weighted by atomic mass is 16.5. The van der Waals surface area contributed by atoms with E-state index < -0.39 is 5.60 Å². The van der Waals surface area contributed by atoms with Crippen LogP contribution in [0.3, 0.4) is 0 Å². The molecule has 1 aromatic rings. The van der Waals surface area contributed by atoms with Gasteiger partial charge in [-0.1, -0.05) is 0 Å². The molecule has 156 valence electrons. The van der Waals surface area contributed by atoms with Crippen molar-refractivity contribution >= 4 is 17.6 Å². The first-order valence-corrected chi connectivity index (χ1v) is 9.61. The number of carbonyl (C=O) groups is 2. The molecule has 1 unspecified atom stereocenters. The zero-order valence-corrected chi connectivity index (χ0v) is 18.3. The number of aromatic nitrogens is 2. The largest absolute Gasteiger partial charge is 0.369 e. The molecule has 0 bridgehead atoms. The average Bonchev–Trinajstić information content (AvgIpc) is 3.02. The maximum absolute atomic E-state index is 12.6. The number of carbonyl (C=O) groups excluding carboxylic acids is 2. The molecule has 1 fully saturated rings. The van der Waals surface area contributed by atoms with Crippen molar-refractivity contribution in [3.8, 4) is 0 Å². The second-order valence-corrected chi connectivity index (χ2v) is 8.38. The van der Waals surface area contributed by atoms with Crippen molar-refractivity contribution in [1.82, 2.24) is 19.8 Å². The van der Waals surface area contributed by atoms with Crippen molar-refractivity contribution < 1.29 is 14.3 Å². The van der Waals surface area contributed by atoms with E-state index in [1.807, 2.05) is 43.8 Å². The number of rotatable bonds is 7. The van der Waals surface area contributed by atoms with Gasteiger partial charge in [-0.2, -0.15) is 0 Å². The van der Waals surface area contributed by atoms with Gasteiger partial charge in [-0.05, 0) is 27.7 Å². The van der Waals surface area contributed by atoms with E-state index in [0.717, 1.165) is 11.5 Å². The predicted molar refractivity (Wildman–Crippen MR) is 108 cm³/mol. The van der Waals surface area contributed by atoms with E-state index in [2.05, 4.69) is 4.98 Å². The molecule has 8 nitrogen and oxygen atoms in total. The van der Waals surface area contributed by atoms with Crippen LogP contribution in [0.5, 0.6) is 0 Å². The minimum atomic E-state index is -0.910. The molecule has 1 aliphatic heterocycles. The van der Waals surface area contributed by atoms with Gasteiger partial charge in [0.05, 0.1) is 12.2 Å². The predicted octanol–water partition coefficient (Wildman–Crippen LogP) is 1.65. The highest BCUT2D eigenvalue weighted by Gasteiger charge is 2.34. The summed E-state index contributed by atoms with van der Waals surface area (Å²) in [6, 6.07) is 2.11. The SMILES string of the molecule is COC(C)(C)C(=O)N(C)Cc1nc(C2CC(=O)N(C(C)C)C2)cc(N(C)C)n1. The lowest BCUT2D eigenvalue weighted by Gasteiger charge is -2.28. The van der Waals surface area contributed by atoms with E-state index in [0.29, 0.717) is 18.8 Å². The molecule has 28 heavy (non-hydrogen) atoms. The Balaban J connectivity index is 2.29. The second kappa shape index (κ2) is 8.43. The molecule has 2 heterocycles. The first-order valence-electron chi connectivity index (χ1n) is 9.61. The average molecular weight is 392 g/mol. The zero-order chi connectivity index (χ0) is 21.2. The fourth-order valence-electron chi connectivity index (χ4n) is 3.27.